The maximum Gasteiger partial charge on any atom is 0.272 e. The molecule has 0 saturated carbocycles. The van der Waals surface area contributed by atoms with Crippen molar-refractivity contribution in [2.24, 2.45) is 5.10 Å². The summed E-state index contributed by atoms with van der Waals surface area (Å²) in [5.41, 5.74) is 7.21. The van der Waals surface area contributed by atoms with Crippen molar-refractivity contribution in [1.82, 2.24) is 10.4 Å². The Morgan fingerprint density at radius 1 is 1.03 bits per heavy atom. The zero-order chi connectivity index (χ0) is 20.9. The van der Waals surface area contributed by atoms with Gasteiger partial charge in [-0.3, -0.25) is 4.79 Å². The van der Waals surface area contributed by atoms with Crippen LogP contribution in [0.3, 0.4) is 0 Å². The standard InChI is InChI=1S/C25H20FN3O/c1-2-17-7-9-18(10-8-17)16-27-29-25(30)22-15-24(19-11-13-20(26)14-12-19)28-23-6-4-3-5-21(22)23/h3-16H,2H2,1H3,(H,29,30)/b27-16-. The summed E-state index contributed by atoms with van der Waals surface area (Å²) in [6.07, 6.45) is 2.58. The Kier molecular flexibility index (Phi) is 5.61. The van der Waals surface area contributed by atoms with E-state index in [1.807, 2.05) is 48.5 Å². The maximum absolute atomic E-state index is 13.3. The van der Waals surface area contributed by atoms with Crippen molar-refractivity contribution in [1.29, 1.82) is 0 Å². The lowest BCUT2D eigenvalue weighted by molar-refractivity contribution is 0.0956. The SMILES string of the molecule is CCc1ccc(/C=N\NC(=O)c2cc(-c3ccc(F)cc3)nc3ccccc23)cc1. The summed E-state index contributed by atoms with van der Waals surface area (Å²) in [4.78, 5) is 17.5. The minimum atomic E-state index is -0.335. The minimum Gasteiger partial charge on any atom is -0.267 e. The highest BCUT2D eigenvalue weighted by atomic mass is 19.1. The fourth-order valence-electron chi connectivity index (χ4n) is 3.20. The van der Waals surface area contributed by atoms with E-state index in [0.29, 0.717) is 16.8 Å². The minimum absolute atomic E-state index is 0.321. The number of benzene rings is 3. The molecule has 30 heavy (non-hydrogen) atoms. The van der Waals surface area contributed by atoms with Crippen LogP contribution in [0.25, 0.3) is 22.2 Å². The molecule has 0 fully saturated rings. The molecule has 4 rings (SSSR count). The van der Waals surface area contributed by atoms with Crippen molar-refractivity contribution in [3.8, 4) is 11.3 Å². The number of aryl methyl sites for hydroxylation is 1. The number of halogens is 1. The molecule has 0 unspecified atom stereocenters. The lowest BCUT2D eigenvalue weighted by atomic mass is 10.0. The van der Waals surface area contributed by atoms with Crippen LogP contribution in [0.5, 0.6) is 0 Å². The third kappa shape index (κ3) is 4.25. The summed E-state index contributed by atoms with van der Waals surface area (Å²) in [6, 6.07) is 23.2. The van der Waals surface area contributed by atoms with Gasteiger partial charge < -0.3 is 0 Å². The third-order valence-electron chi connectivity index (χ3n) is 4.87. The van der Waals surface area contributed by atoms with Crippen molar-refractivity contribution >= 4 is 23.0 Å². The lowest BCUT2D eigenvalue weighted by Gasteiger charge is -2.09. The molecule has 0 aliphatic heterocycles. The van der Waals surface area contributed by atoms with Gasteiger partial charge in [0, 0.05) is 10.9 Å². The number of hydrogen-bond acceptors (Lipinski definition) is 3. The molecule has 0 atom stereocenters. The largest absolute Gasteiger partial charge is 0.272 e. The Bertz CT molecular complexity index is 1220. The molecule has 1 N–H and O–H groups in total. The van der Waals surface area contributed by atoms with Crippen LogP contribution >= 0.6 is 0 Å². The zero-order valence-electron chi connectivity index (χ0n) is 16.5. The van der Waals surface area contributed by atoms with Gasteiger partial charge in [0.25, 0.3) is 5.91 Å². The van der Waals surface area contributed by atoms with Gasteiger partial charge in [0.1, 0.15) is 5.82 Å². The van der Waals surface area contributed by atoms with Crippen LogP contribution in [0.15, 0.2) is 84.0 Å². The van der Waals surface area contributed by atoms with E-state index in [9.17, 15) is 9.18 Å². The van der Waals surface area contributed by atoms with Gasteiger partial charge in [-0.25, -0.2) is 14.8 Å². The number of para-hydroxylation sites is 1. The molecule has 1 aromatic heterocycles. The highest BCUT2D eigenvalue weighted by Crippen LogP contribution is 2.25. The fraction of sp³-hybridized carbons (Fsp3) is 0.0800. The summed E-state index contributed by atoms with van der Waals surface area (Å²) < 4.78 is 13.3. The molecule has 1 heterocycles. The summed E-state index contributed by atoms with van der Waals surface area (Å²) in [5.74, 6) is -0.655. The molecule has 148 valence electrons. The molecule has 1 amide bonds. The first-order chi connectivity index (χ1) is 14.6. The van der Waals surface area contributed by atoms with Crippen LogP contribution in [-0.2, 0) is 6.42 Å². The number of nitrogens with one attached hydrogen (secondary N) is 1. The van der Waals surface area contributed by atoms with Gasteiger partial charge >= 0.3 is 0 Å². The van der Waals surface area contributed by atoms with E-state index in [1.165, 1.54) is 17.7 Å². The molecule has 3 aromatic carbocycles. The number of rotatable bonds is 5. The van der Waals surface area contributed by atoms with Crippen molar-refractivity contribution in [2.75, 3.05) is 0 Å². The molecule has 0 radical (unpaired) electrons. The summed E-state index contributed by atoms with van der Waals surface area (Å²) in [7, 11) is 0. The summed E-state index contributed by atoms with van der Waals surface area (Å²) in [5, 5.41) is 4.83. The van der Waals surface area contributed by atoms with Crippen LogP contribution < -0.4 is 5.43 Å². The Balaban J connectivity index is 1.63. The number of pyridine rings is 1. The second kappa shape index (κ2) is 8.66. The molecule has 4 aromatic rings. The van der Waals surface area contributed by atoms with Gasteiger partial charge in [0.2, 0.25) is 0 Å². The van der Waals surface area contributed by atoms with Gasteiger partial charge in [-0.15, -0.1) is 0 Å². The number of amides is 1. The Labute approximate surface area is 174 Å². The van der Waals surface area contributed by atoms with E-state index in [-0.39, 0.29) is 11.7 Å². The van der Waals surface area contributed by atoms with Crippen molar-refractivity contribution in [2.45, 2.75) is 13.3 Å². The summed E-state index contributed by atoms with van der Waals surface area (Å²) in [6.45, 7) is 2.10. The lowest BCUT2D eigenvalue weighted by Crippen LogP contribution is -2.18. The number of aromatic nitrogens is 1. The summed E-state index contributed by atoms with van der Waals surface area (Å²) >= 11 is 0. The van der Waals surface area contributed by atoms with Gasteiger partial charge in [0.05, 0.1) is 23.0 Å². The number of hydrazone groups is 1. The van der Waals surface area contributed by atoms with E-state index in [4.69, 9.17) is 0 Å². The Morgan fingerprint density at radius 2 is 1.77 bits per heavy atom. The molecule has 0 saturated heterocycles. The predicted octanol–water partition coefficient (Wildman–Crippen LogP) is 5.37. The van der Waals surface area contributed by atoms with Crippen LogP contribution in [0, 0.1) is 5.82 Å². The number of carbonyl (C=O) groups excluding carboxylic acids is 1. The van der Waals surface area contributed by atoms with E-state index in [1.54, 1.807) is 24.4 Å². The third-order valence-corrected chi connectivity index (χ3v) is 4.87. The highest BCUT2D eigenvalue weighted by Gasteiger charge is 2.13. The monoisotopic (exact) mass is 397 g/mol. The van der Waals surface area contributed by atoms with Gasteiger partial charge in [-0.05, 0) is 53.9 Å². The molecule has 4 nitrogen and oxygen atoms in total. The Hall–Kier alpha value is -3.86. The van der Waals surface area contributed by atoms with Crippen LogP contribution in [0.4, 0.5) is 4.39 Å². The van der Waals surface area contributed by atoms with Gasteiger partial charge in [0.15, 0.2) is 0 Å². The molecule has 0 aliphatic rings. The van der Waals surface area contributed by atoms with Crippen molar-refractivity contribution < 1.29 is 9.18 Å². The second-order valence-corrected chi connectivity index (χ2v) is 6.87. The fourth-order valence-corrected chi connectivity index (χ4v) is 3.20. The topological polar surface area (TPSA) is 54.4 Å². The van der Waals surface area contributed by atoms with Crippen LogP contribution in [0.1, 0.15) is 28.4 Å². The van der Waals surface area contributed by atoms with Crippen LogP contribution in [-0.4, -0.2) is 17.1 Å². The molecule has 0 bridgehead atoms. The predicted molar refractivity (Wildman–Crippen MR) is 118 cm³/mol. The average Bonchev–Trinajstić information content (AvgIpc) is 2.79. The zero-order valence-corrected chi connectivity index (χ0v) is 16.5. The number of fused-ring (bicyclic) bond motifs is 1. The average molecular weight is 397 g/mol. The van der Waals surface area contributed by atoms with E-state index in [2.05, 4.69) is 22.4 Å². The van der Waals surface area contributed by atoms with Gasteiger partial charge in [-0.1, -0.05) is 49.4 Å². The second-order valence-electron chi connectivity index (χ2n) is 6.87. The number of nitrogens with zero attached hydrogens (tertiary/aromatic N) is 2. The number of carbonyl (C=O) groups is 1. The van der Waals surface area contributed by atoms with Crippen molar-refractivity contribution in [3.05, 3.63) is 101 Å². The van der Waals surface area contributed by atoms with E-state index >= 15 is 0 Å². The highest BCUT2D eigenvalue weighted by molar-refractivity contribution is 6.07. The normalized spacial score (nSPS) is 11.1. The smallest absolute Gasteiger partial charge is 0.267 e. The Morgan fingerprint density at radius 3 is 2.50 bits per heavy atom. The first-order valence-electron chi connectivity index (χ1n) is 9.72. The van der Waals surface area contributed by atoms with Crippen molar-refractivity contribution in [3.63, 3.8) is 0 Å². The molecule has 0 spiro atoms. The first kappa shape index (κ1) is 19.5. The quantitative estimate of drug-likeness (QED) is 0.364. The van der Waals surface area contributed by atoms with E-state index < -0.39 is 0 Å². The first-order valence-corrected chi connectivity index (χ1v) is 9.72. The maximum atomic E-state index is 13.3. The molecule has 5 heteroatoms. The van der Waals surface area contributed by atoms with Crippen LogP contribution in [0.2, 0.25) is 0 Å². The van der Waals surface area contributed by atoms with E-state index in [0.717, 1.165) is 22.9 Å². The number of hydrogen-bond donors (Lipinski definition) is 1. The molecular formula is C25H20FN3O. The molecular weight excluding hydrogens is 377 g/mol. The molecule has 0 aliphatic carbocycles. The van der Waals surface area contributed by atoms with Gasteiger partial charge in [-0.2, -0.15) is 5.10 Å².